The molecule has 2 heterocycles. The van der Waals surface area contributed by atoms with E-state index in [1.54, 1.807) is 10.9 Å². The smallest absolute Gasteiger partial charge is 0.382 e. The minimum atomic E-state index is -4.65. The van der Waals surface area contributed by atoms with Crippen molar-refractivity contribution in [2.24, 2.45) is 12.0 Å². The van der Waals surface area contributed by atoms with Gasteiger partial charge < -0.3 is 20.6 Å². The van der Waals surface area contributed by atoms with E-state index < -0.39 is 18.8 Å². The predicted molar refractivity (Wildman–Crippen MR) is 85.0 cm³/mol. The normalized spacial score (nSPS) is 20.8. The fourth-order valence-corrected chi connectivity index (χ4v) is 2.60. The number of aliphatic hydroxyl groups is 1. The Morgan fingerprint density at radius 2 is 2.29 bits per heavy atom. The van der Waals surface area contributed by atoms with Crippen LogP contribution < -0.4 is 15.5 Å². The van der Waals surface area contributed by atoms with Crippen molar-refractivity contribution in [1.29, 1.82) is 0 Å². The summed E-state index contributed by atoms with van der Waals surface area (Å²) in [4.78, 5) is 6.09. The zero-order valence-electron chi connectivity index (χ0n) is 13.7. The Morgan fingerprint density at radius 3 is 2.88 bits per heavy atom. The zero-order valence-corrected chi connectivity index (χ0v) is 13.7. The van der Waals surface area contributed by atoms with Gasteiger partial charge in [0.1, 0.15) is 0 Å². The van der Waals surface area contributed by atoms with E-state index in [1.807, 2.05) is 13.2 Å². The summed E-state index contributed by atoms with van der Waals surface area (Å²) < 4.78 is 38.7. The third-order valence-electron chi connectivity index (χ3n) is 3.88. The summed E-state index contributed by atoms with van der Waals surface area (Å²) in [6, 6.07) is 0.0492. The first kappa shape index (κ1) is 18.4. The van der Waals surface area contributed by atoms with E-state index in [4.69, 9.17) is 5.11 Å². The van der Waals surface area contributed by atoms with Crippen LogP contribution in [-0.4, -0.2) is 65.9 Å². The fraction of sp³-hybridized carbons (Fsp3) is 0.714. The summed E-state index contributed by atoms with van der Waals surface area (Å²) in [5.74, 6) is 0.247. The molecule has 0 spiro atoms. The maximum atomic E-state index is 12.3. The highest BCUT2D eigenvalue weighted by molar-refractivity contribution is 5.80. The van der Waals surface area contributed by atoms with Crippen molar-refractivity contribution >= 4 is 11.6 Å². The van der Waals surface area contributed by atoms with Gasteiger partial charge in [-0.05, 0) is 12.8 Å². The number of anilines is 1. The highest BCUT2D eigenvalue weighted by Crippen LogP contribution is 2.20. The summed E-state index contributed by atoms with van der Waals surface area (Å²) in [5, 5.41) is 18.8. The summed E-state index contributed by atoms with van der Waals surface area (Å²) in [6.45, 7) is 0.971. The monoisotopic (exact) mass is 348 g/mol. The molecule has 0 radical (unpaired) electrons. The number of halogens is 3. The molecule has 1 saturated heterocycles. The van der Waals surface area contributed by atoms with E-state index in [0.29, 0.717) is 6.54 Å². The van der Waals surface area contributed by atoms with Crippen molar-refractivity contribution in [3.63, 3.8) is 0 Å². The molecule has 3 N–H and O–H groups in total. The maximum absolute atomic E-state index is 12.3. The molecule has 2 atom stereocenters. The first-order chi connectivity index (χ1) is 11.3. The highest BCUT2D eigenvalue weighted by atomic mass is 19.4. The lowest BCUT2D eigenvalue weighted by Crippen LogP contribution is -2.53. The molecule has 1 aliphatic heterocycles. The van der Waals surface area contributed by atoms with Gasteiger partial charge in [-0.25, -0.2) is 0 Å². The lowest BCUT2D eigenvalue weighted by Gasteiger charge is -2.34. The number of alkyl halides is 3. The van der Waals surface area contributed by atoms with E-state index in [1.165, 1.54) is 7.05 Å². The Kier molecular flexibility index (Phi) is 5.92. The number of aliphatic imine (C=N–C) groups is 1. The number of aliphatic hydroxyl groups excluding tert-OH is 1. The van der Waals surface area contributed by atoms with Crippen molar-refractivity contribution in [3.05, 3.63) is 12.4 Å². The summed E-state index contributed by atoms with van der Waals surface area (Å²) in [5.41, 5.74) is 1.01. The van der Waals surface area contributed by atoms with Crippen LogP contribution in [0.25, 0.3) is 0 Å². The van der Waals surface area contributed by atoms with Crippen LogP contribution in [0.1, 0.15) is 12.8 Å². The van der Waals surface area contributed by atoms with Gasteiger partial charge in [-0.3, -0.25) is 9.67 Å². The van der Waals surface area contributed by atoms with Crippen molar-refractivity contribution in [1.82, 2.24) is 20.4 Å². The SMILES string of the molecule is CN=C(NCC(O)C(F)(F)F)NC1CCCN(c2cnn(C)c2)C1. The van der Waals surface area contributed by atoms with E-state index in [0.717, 1.165) is 25.1 Å². The maximum Gasteiger partial charge on any atom is 0.416 e. The van der Waals surface area contributed by atoms with Gasteiger partial charge in [0.25, 0.3) is 0 Å². The minimum Gasteiger partial charge on any atom is -0.382 e. The molecular formula is C14H23F3N6O. The van der Waals surface area contributed by atoms with E-state index in [-0.39, 0.29) is 12.0 Å². The Hall–Kier alpha value is -1.97. The predicted octanol–water partition coefficient (Wildman–Crippen LogP) is 0.477. The van der Waals surface area contributed by atoms with Crippen LogP contribution in [-0.2, 0) is 7.05 Å². The molecule has 1 aromatic rings. The van der Waals surface area contributed by atoms with Gasteiger partial charge in [-0.2, -0.15) is 18.3 Å². The summed E-state index contributed by atoms with van der Waals surface area (Å²) in [7, 11) is 3.33. The molecule has 136 valence electrons. The quantitative estimate of drug-likeness (QED) is 0.545. The average Bonchev–Trinajstić information content (AvgIpc) is 2.97. The van der Waals surface area contributed by atoms with Gasteiger partial charge in [0.05, 0.1) is 18.4 Å². The van der Waals surface area contributed by atoms with Crippen molar-refractivity contribution in [2.45, 2.75) is 31.2 Å². The fourth-order valence-electron chi connectivity index (χ4n) is 2.60. The second kappa shape index (κ2) is 7.73. The molecule has 0 aromatic carbocycles. The summed E-state index contributed by atoms with van der Waals surface area (Å²) in [6.07, 6.45) is -1.51. The van der Waals surface area contributed by atoms with E-state index in [9.17, 15) is 13.2 Å². The molecule has 0 saturated carbocycles. The Bertz CT molecular complexity index is 559. The molecule has 2 rings (SSSR count). The lowest BCUT2D eigenvalue weighted by atomic mass is 10.1. The van der Waals surface area contributed by atoms with Crippen molar-refractivity contribution in [2.75, 3.05) is 31.6 Å². The van der Waals surface area contributed by atoms with Gasteiger partial charge in [-0.15, -0.1) is 0 Å². The molecule has 1 fully saturated rings. The van der Waals surface area contributed by atoms with Crippen LogP contribution in [0.3, 0.4) is 0 Å². The second-order valence-corrected chi connectivity index (χ2v) is 5.81. The topological polar surface area (TPSA) is 77.7 Å². The third kappa shape index (κ3) is 5.02. The van der Waals surface area contributed by atoms with Crippen molar-refractivity contribution < 1.29 is 18.3 Å². The first-order valence-corrected chi connectivity index (χ1v) is 7.75. The van der Waals surface area contributed by atoms with Crippen molar-refractivity contribution in [3.8, 4) is 0 Å². The molecule has 0 bridgehead atoms. The van der Waals surface area contributed by atoms with Crippen LogP contribution in [0.2, 0.25) is 0 Å². The molecular weight excluding hydrogens is 325 g/mol. The standard InChI is InChI=1S/C14H23F3N6O/c1-18-13(19-7-12(24)14(15,16)17)21-10-4-3-5-23(8-10)11-6-20-22(2)9-11/h6,9-10,12,24H,3-5,7-8H2,1-2H3,(H2,18,19,21). The first-order valence-electron chi connectivity index (χ1n) is 7.75. The molecule has 24 heavy (non-hydrogen) atoms. The van der Waals surface area contributed by atoms with E-state index >= 15 is 0 Å². The Labute approximate surface area is 138 Å². The number of nitrogens with zero attached hydrogens (tertiary/aromatic N) is 4. The lowest BCUT2D eigenvalue weighted by molar-refractivity contribution is -0.201. The molecule has 1 aliphatic rings. The number of nitrogens with one attached hydrogen (secondary N) is 2. The van der Waals surface area contributed by atoms with Gasteiger partial charge in [0.15, 0.2) is 12.1 Å². The van der Waals surface area contributed by atoms with Crippen LogP contribution in [0.4, 0.5) is 18.9 Å². The minimum absolute atomic E-state index is 0.0492. The van der Waals surface area contributed by atoms with Gasteiger partial charge in [0, 0.05) is 39.4 Å². The van der Waals surface area contributed by atoms with Crippen LogP contribution >= 0.6 is 0 Å². The molecule has 0 amide bonds. The largest absolute Gasteiger partial charge is 0.416 e. The summed E-state index contributed by atoms with van der Waals surface area (Å²) >= 11 is 0. The molecule has 0 aliphatic carbocycles. The van der Waals surface area contributed by atoms with Gasteiger partial charge in [0.2, 0.25) is 0 Å². The highest BCUT2D eigenvalue weighted by Gasteiger charge is 2.38. The third-order valence-corrected chi connectivity index (χ3v) is 3.88. The van der Waals surface area contributed by atoms with Crippen LogP contribution in [0.15, 0.2) is 17.4 Å². The number of piperidine rings is 1. The number of aryl methyl sites for hydroxylation is 1. The van der Waals surface area contributed by atoms with Gasteiger partial charge in [-0.1, -0.05) is 0 Å². The number of hydrogen-bond acceptors (Lipinski definition) is 4. The van der Waals surface area contributed by atoms with Gasteiger partial charge >= 0.3 is 6.18 Å². The number of rotatable bonds is 4. The molecule has 10 heteroatoms. The number of hydrogen-bond donors (Lipinski definition) is 3. The molecule has 2 unspecified atom stereocenters. The van der Waals surface area contributed by atoms with Crippen LogP contribution in [0.5, 0.6) is 0 Å². The molecule has 7 nitrogen and oxygen atoms in total. The average molecular weight is 348 g/mol. The Balaban J connectivity index is 1.86. The number of aromatic nitrogens is 2. The second-order valence-electron chi connectivity index (χ2n) is 5.81. The molecule has 1 aromatic heterocycles. The van der Waals surface area contributed by atoms with E-state index in [2.05, 4.69) is 25.6 Å². The van der Waals surface area contributed by atoms with Crippen LogP contribution in [0, 0.1) is 0 Å². The Morgan fingerprint density at radius 1 is 1.54 bits per heavy atom. The zero-order chi connectivity index (χ0) is 17.7. The number of guanidine groups is 1.